The van der Waals surface area contributed by atoms with E-state index in [0.29, 0.717) is 17.0 Å². The van der Waals surface area contributed by atoms with Crippen LogP contribution in [0.4, 0.5) is 0 Å². The van der Waals surface area contributed by atoms with Crippen LogP contribution < -0.4 is 0 Å². The van der Waals surface area contributed by atoms with E-state index in [1.54, 1.807) is 6.08 Å². The normalized spacial score (nSPS) is 14.9. The molecule has 0 atom stereocenters. The summed E-state index contributed by atoms with van der Waals surface area (Å²) >= 11 is 6.42. The molecule has 5 heteroatoms. The predicted molar refractivity (Wildman–Crippen MR) is 95.4 cm³/mol. The largest absolute Gasteiger partial charge is 0.339 e. The number of nitrogens with zero attached hydrogens (tertiary/aromatic N) is 3. The van der Waals surface area contributed by atoms with Crippen molar-refractivity contribution in [2.24, 2.45) is 11.8 Å². The molecular formula is C18H28ClN3O. The number of hydrogen-bond acceptors (Lipinski definition) is 2. The van der Waals surface area contributed by atoms with Crippen LogP contribution >= 0.6 is 11.6 Å². The topological polar surface area (TPSA) is 38.1 Å². The Morgan fingerprint density at radius 2 is 2.17 bits per heavy atom. The van der Waals surface area contributed by atoms with E-state index >= 15 is 0 Å². The molecule has 0 N–H and O–H groups in total. The fourth-order valence-electron chi connectivity index (χ4n) is 2.66. The second-order valence-corrected chi connectivity index (χ2v) is 7.28. The third kappa shape index (κ3) is 5.10. The van der Waals surface area contributed by atoms with Gasteiger partial charge >= 0.3 is 0 Å². The molecule has 23 heavy (non-hydrogen) atoms. The smallest absolute Gasteiger partial charge is 0.246 e. The average Bonchev–Trinajstić information content (AvgIpc) is 3.25. The van der Waals surface area contributed by atoms with Gasteiger partial charge in [-0.1, -0.05) is 32.4 Å². The van der Waals surface area contributed by atoms with Crippen molar-refractivity contribution in [2.45, 2.75) is 53.5 Å². The Kier molecular flexibility index (Phi) is 6.28. The first-order valence-electron chi connectivity index (χ1n) is 8.62. The molecule has 1 aliphatic carbocycles. The highest BCUT2D eigenvalue weighted by Gasteiger charge is 2.25. The molecule has 1 aromatic heterocycles. The minimum Gasteiger partial charge on any atom is -0.339 e. The van der Waals surface area contributed by atoms with E-state index in [4.69, 9.17) is 11.6 Å². The van der Waals surface area contributed by atoms with Gasteiger partial charge in [0, 0.05) is 31.3 Å². The molecule has 1 saturated carbocycles. The molecule has 1 aliphatic rings. The Bertz CT molecular complexity index is 573. The van der Waals surface area contributed by atoms with Gasteiger partial charge in [0.05, 0.1) is 5.69 Å². The van der Waals surface area contributed by atoms with Crippen molar-refractivity contribution < 1.29 is 4.79 Å². The monoisotopic (exact) mass is 337 g/mol. The van der Waals surface area contributed by atoms with E-state index < -0.39 is 0 Å². The maximum atomic E-state index is 12.4. The first-order chi connectivity index (χ1) is 10.9. The van der Waals surface area contributed by atoms with Gasteiger partial charge in [-0.15, -0.1) is 0 Å². The van der Waals surface area contributed by atoms with Crippen molar-refractivity contribution in [3.63, 3.8) is 0 Å². The fourth-order valence-corrected chi connectivity index (χ4v) is 2.96. The third-order valence-electron chi connectivity index (χ3n) is 4.02. The van der Waals surface area contributed by atoms with Gasteiger partial charge in [-0.05, 0) is 44.1 Å². The minimum atomic E-state index is 0.0748. The molecule has 128 valence electrons. The summed E-state index contributed by atoms with van der Waals surface area (Å²) in [6.07, 6.45) is 6.96. The van der Waals surface area contributed by atoms with E-state index in [2.05, 4.69) is 25.9 Å². The summed E-state index contributed by atoms with van der Waals surface area (Å²) in [6.45, 7) is 10.8. The van der Waals surface area contributed by atoms with Crippen LogP contribution in [0.5, 0.6) is 0 Å². The minimum absolute atomic E-state index is 0.0748. The molecule has 1 aromatic rings. The summed E-state index contributed by atoms with van der Waals surface area (Å²) in [5, 5.41) is 5.09. The maximum Gasteiger partial charge on any atom is 0.246 e. The Hall–Kier alpha value is -1.29. The maximum absolute atomic E-state index is 12.4. The van der Waals surface area contributed by atoms with Crippen molar-refractivity contribution in [3.05, 3.63) is 22.5 Å². The molecule has 0 saturated heterocycles. The number of halogens is 1. The van der Waals surface area contributed by atoms with Crippen molar-refractivity contribution >= 4 is 23.6 Å². The number of carbonyl (C=O) groups is 1. The van der Waals surface area contributed by atoms with Crippen LogP contribution in [-0.2, 0) is 11.3 Å². The van der Waals surface area contributed by atoms with Gasteiger partial charge < -0.3 is 4.90 Å². The quantitative estimate of drug-likeness (QED) is 0.668. The van der Waals surface area contributed by atoms with Crippen molar-refractivity contribution in [1.82, 2.24) is 14.7 Å². The summed E-state index contributed by atoms with van der Waals surface area (Å²) in [7, 11) is 0. The second kappa shape index (κ2) is 8.00. The zero-order chi connectivity index (χ0) is 17.0. The highest BCUT2D eigenvalue weighted by atomic mass is 35.5. The van der Waals surface area contributed by atoms with E-state index in [0.717, 1.165) is 37.3 Å². The first-order valence-corrected chi connectivity index (χ1v) is 9.00. The van der Waals surface area contributed by atoms with Crippen LogP contribution in [-0.4, -0.2) is 33.7 Å². The van der Waals surface area contributed by atoms with Gasteiger partial charge in [0.1, 0.15) is 5.15 Å². The Morgan fingerprint density at radius 3 is 2.74 bits per heavy atom. The van der Waals surface area contributed by atoms with Gasteiger partial charge in [0.15, 0.2) is 0 Å². The number of amides is 1. The lowest BCUT2D eigenvalue weighted by Crippen LogP contribution is -2.32. The van der Waals surface area contributed by atoms with Gasteiger partial charge in [-0.25, -0.2) is 0 Å². The molecule has 0 unspecified atom stereocenters. The molecule has 0 aromatic carbocycles. The molecule has 0 radical (unpaired) electrons. The summed E-state index contributed by atoms with van der Waals surface area (Å²) in [4.78, 5) is 14.4. The number of carbonyl (C=O) groups excluding carboxylic acids is 1. The lowest BCUT2D eigenvalue weighted by molar-refractivity contribution is -0.126. The molecular weight excluding hydrogens is 310 g/mol. The lowest BCUT2D eigenvalue weighted by Gasteiger charge is -2.20. The average molecular weight is 338 g/mol. The van der Waals surface area contributed by atoms with Crippen LogP contribution in [0.3, 0.4) is 0 Å². The molecule has 1 heterocycles. The number of aromatic nitrogens is 2. The van der Waals surface area contributed by atoms with Crippen molar-refractivity contribution in [1.29, 1.82) is 0 Å². The van der Waals surface area contributed by atoms with Crippen molar-refractivity contribution in [3.8, 4) is 0 Å². The van der Waals surface area contributed by atoms with Crippen LogP contribution in [0.25, 0.3) is 6.08 Å². The highest BCUT2D eigenvalue weighted by Crippen LogP contribution is 2.30. The third-order valence-corrected chi connectivity index (χ3v) is 4.42. The SMILES string of the molecule is CCCN(CC1CC1)C(=O)/C=C/c1c(C)nn(CC(C)C)c1Cl. The van der Waals surface area contributed by atoms with E-state index in [9.17, 15) is 4.79 Å². The summed E-state index contributed by atoms with van der Waals surface area (Å²) in [6, 6.07) is 0. The number of hydrogen-bond donors (Lipinski definition) is 0. The zero-order valence-electron chi connectivity index (χ0n) is 14.7. The highest BCUT2D eigenvalue weighted by molar-refractivity contribution is 6.31. The van der Waals surface area contributed by atoms with Crippen LogP contribution in [0, 0.1) is 18.8 Å². The summed E-state index contributed by atoms with van der Waals surface area (Å²) in [5.74, 6) is 1.26. The molecule has 2 rings (SSSR count). The van der Waals surface area contributed by atoms with Crippen LogP contribution in [0.15, 0.2) is 6.08 Å². The molecule has 4 nitrogen and oxygen atoms in total. The predicted octanol–water partition coefficient (Wildman–Crippen LogP) is 4.16. The Balaban J connectivity index is 2.08. The second-order valence-electron chi connectivity index (χ2n) is 6.93. The van der Waals surface area contributed by atoms with E-state index in [1.165, 1.54) is 12.8 Å². The van der Waals surface area contributed by atoms with E-state index in [1.807, 2.05) is 22.6 Å². The van der Waals surface area contributed by atoms with Gasteiger partial charge in [0.2, 0.25) is 5.91 Å². The zero-order valence-corrected chi connectivity index (χ0v) is 15.4. The molecule has 0 spiro atoms. The van der Waals surface area contributed by atoms with Gasteiger partial charge in [-0.2, -0.15) is 5.10 Å². The lowest BCUT2D eigenvalue weighted by atomic mass is 10.2. The molecule has 0 aliphatic heterocycles. The summed E-state index contributed by atoms with van der Waals surface area (Å²) in [5.41, 5.74) is 1.72. The molecule has 1 amide bonds. The number of rotatable bonds is 8. The molecule has 1 fully saturated rings. The standard InChI is InChI=1S/C18H28ClN3O/c1-5-10-21(12-15-6-7-15)17(23)9-8-16-14(4)20-22(18(16)19)11-13(2)3/h8-9,13,15H,5-7,10-12H2,1-4H3/b9-8+. The van der Waals surface area contributed by atoms with Crippen molar-refractivity contribution in [2.75, 3.05) is 13.1 Å². The Labute approximate surface area is 144 Å². The van der Waals surface area contributed by atoms with Gasteiger partial charge in [-0.3, -0.25) is 9.48 Å². The Morgan fingerprint density at radius 1 is 1.48 bits per heavy atom. The van der Waals surface area contributed by atoms with Crippen LogP contribution in [0.1, 0.15) is 51.3 Å². The summed E-state index contributed by atoms with van der Waals surface area (Å²) < 4.78 is 1.82. The number of aryl methyl sites for hydroxylation is 1. The van der Waals surface area contributed by atoms with Crippen LogP contribution in [0.2, 0.25) is 5.15 Å². The first kappa shape index (κ1) is 18.1. The van der Waals surface area contributed by atoms with Gasteiger partial charge in [0.25, 0.3) is 0 Å². The molecule has 0 bridgehead atoms. The van der Waals surface area contributed by atoms with E-state index in [-0.39, 0.29) is 5.91 Å². The fraction of sp³-hybridized carbons (Fsp3) is 0.667.